The highest BCUT2D eigenvalue weighted by atomic mass is 35.5. The number of hydrogen-bond donors (Lipinski definition) is 1. The third-order valence-electron chi connectivity index (χ3n) is 4.19. The summed E-state index contributed by atoms with van der Waals surface area (Å²) < 4.78 is 14.5. The van der Waals surface area contributed by atoms with E-state index in [0.717, 1.165) is 11.1 Å². The first-order chi connectivity index (χ1) is 14.3. The number of hydrogen-bond acceptors (Lipinski definition) is 6. The number of halogens is 2. The van der Waals surface area contributed by atoms with Gasteiger partial charge in [0.1, 0.15) is 0 Å². The minimum Gasteiger partial charge on any atom is -0.468 e. The van der Waals surface area contributed by atoms with Crippen LogP contribution < -0.4 is 5.32 Å². The van der Waals surface area contributed by atoms with E-state index < -0.39 is 23.9 Å². The lowest BCUT2D eigenvalue weighted by atomic mass is 9.97. The Balaban J connectivity index is 1.91. The fourth-order valence-electron chi connectivity index (χ4n) is 2.69. The molecule has 1 N–H and O–H groups in total. The fraction of sp³-hybridized carbons (Fsp3) is 0.286. The molecule has 7 nitrogen and oxygen atoms in total. The molecule has 9 heteroatoms. The van der Waals surface area contributed by atoms with E-state index in [4.69, 9.17) is 27.9 Å². The molecule has 30 heavy (non-hydrogen) atoms. The third kappa shape index (κ3) is 6.93. The molecular weight excluding hydrogens is 433 g/mol. The Kier molecular flexibility index (Phi) is 8.95. The van der Waals surface area contributed by atoms with Gasteiger partial charge in [-0.15, -0.1) is 0 Å². The van der Waals surface area contributed by atoms with E-state index >= 15 is 0 Å². The number of carbonyl (C=O) groups is 3. The lowest BCUT2D eigenvalue weighted by molar-refractivity contribution is -0.158. The standard InChI is InChI=1S/C21H21Cl2NO6/c1-28-19(25)16(20(26)29-2)11-14-5-3-4-13(10-14)8-9-30-21(27)24-18-7-6-15(22)12-17(18)23/h3-7,10,12,16H,8-9,11H2,1-2H3,(H,24,27). The van der Waals surface area contributed by atoms with Gasteiger partial charge in [-0.2, -0.15) is 0 Å². The molecule has 2 aromatic carbocycles. The summed E-state index contributed by atoms with van der Waals surface area (Å²) in [5, 5.41) is 3.31. The number of anilines is 1. The van der Waals surface area contributed by atoms with Gasteiger partial charge < -0.3 is 14.2 Å². The molecule has 0 atom stereocenters. The average molecular weight is 454 g/mol. The zero-order chi connectivity index (χ0) is 22.1. The Morgan fingerprint density at radius 2 is 1.63 bits per heavy atom. The van der Waals surface area contributed by atoms with Crippen LogP contribution in [0, 0.1) is 5.92 Å². The van der Waals surface area contributed by atoms with Crippen molar-refractivity contribution >= 4 is 46.9 Å². The molecule has 160 valence electrons. The van der Waals surface area contributed by atoms with Gasteiger partial charge in [-0.3, -0.25) is 14.9 Å². The van der Waals surface area contributed by atoms with Gasteiger partial charge in [0, 0.05) is 11.4 Å². The number of amides is 1. The normalized spacial score (nSPS) is 10.4. The molecule has 1 amide bonds. The van der Waals surface area contributed by atoms with Gasteiger partial charge in [0.2, 0.25) is 0 Å². The summed E-state index contributed by atoms with van der Waals surface area (Å²) in [4.78, 5) is 35.6. The SMILES string of the molecule is COC(=O)C(Cc1cccc(CCOC(=O)Nc2ccc(Cl)cc2Cl)c1)C(=O)OC. The lowest BCUT2D eigenvalue weighted by Crippen LogP contribution is -2.28. The highest BCUT2D eigenvalue weighted by Gasteiger charge is 2.28. The van der Waals surface area contributed by atoms with E-state index in [9.17, 15) is 14.4 Å². The number of nitrogens with one attached hydrogen (secondary N) is 1. The average Bonchev–Trinajstić information content (AvgIpc) is 2.73. The van der Waals surface area contributed by atoms with Gasteiger partial charge in [0.25, 0.3) is 0 Å². The monoisotopic (exact) mass is 453 g/mol. The molecular formula is C21H21Cl2NO6. The molecule has 2 rings (SSSR count). The predicted octanol–water partition coefficient (Wildman–Crippen LogP) is 4.29. The largest absolute Gasteiger partial charge is 0.468 e. The van der Waals surface area contributed by atoms with Crippen LogP contribution in [0.15, 0.2) is 42.5 Å². The fourth-order valence-corrected chi connectivity index (χ4v) is 3.15. The van der Waals surface area contributed by atoms with Crippen LogP contribution in [0.2, 0.25) is 10.0 Å². The zero-order valence-electron chi connectivity index (χ0n) is 16.4. The van der Waals surface area contributed by atoms with Crippen molar-refractivity contribution in [3.8, 4) is 0 Å². The van der Waals surface area contributed by atoms with Gasteiger partial charge in [-0.25, -0.2) is 4.79 Å². The van der Waals surface area contributed by atoms with Crippen molar-refractivity contribution in [3.63, 3.8) is 0 Å². The van der Waals surface area contributed by atoms with Gasteiger partial charge in [-0.1, -0.05) is 47.5 Å². The van der Waals surface area contributed by atoms with Crippen molar-refractivity contribution in [2.24, 2.45) is 5.92 Å². The Morgan fingerprint density at radius 1 is 0.967 bits per heavy atom. The molecule has 0 heterocycles. The number of carbonyl (C=O) groups excluding carboxylic acids is 3. The van der Waals surface area contributed by atoms with Gasteiger partial charge in [-0.05, 0) is 35.7 Å². The first-order valence-electron chi connectivity index (χ1n) is 8.96. The summed E-state index contributed by atoms with van der Waals surface area (Å²) in [6, 6.07) is 12.0. The summed E-state index contributed by atoms with van der Waals surface area (Å²) in [6.07, 6.45) is -0.0628. The zero-order valence-corrected chi connectivity index (χ0v) is 18.0. The smallest absolute Gasteiger partial charge is 0.411 e. The van der Waals surface area contributed by atoms with E-state index in [2.05, 4.69) is 14.8 Å². The van der Waals surface area contributed by atoms with E-state index in [0.29, 0.717) is 22.2 Å². The molecule has 0 spiro atoms. The number of rotatable bonds is 8. The van der Waals surface area contributed by atoms with Crippen molar-refractivity contribution in [1.82, 2.24) is 0 Å². The Labute approximate surface area is 184 Å². The lowest BCUT2D eigenvalue weighted by Gasteiger charge is -2.13. The summed E-state index contributed by atoms with van der Waals surface area (Å²) in [5.74, 6) is -2.36. The van der Waals surface area contributed by atoms with Crippen LogP contribution in [0.1, 0.15) is 11.1 Å². The Bertz CT molecular complexity index is 902. The molecule has 0 aliphatic carbocycles. The van der Waals surface area contributed by atoms with Crippen molar-refractivity contribution < 1.29 is 28.6 Å². The third-order valence-corrected chi connectivity index (χ3v) is 4.74. The van der Waals surface area contributed by atoms with Gasteiger partial charge in [0.05, 0.1) is 31.5 Å². The molecule has 0 radical (unpaired) electrons. The summed E-state index contributed by atoms with van der Waals surface area (Å²) >= 11 is 11.8. The Morgan fingerprint density at radius 3 is 2.27 bits per heavy atom. The van der Waals surface area contributed by atoms with Crippen molar-refractivity contribution in [3.05, 3.63) is 63.6 Å². The van der Waals surface area contributed by atoms with Gasteiger partial charge in [0.15, 0.2) is 5.92 Å². The summed E-state index contributed by atoms with van der Waals surface area (Å²) in [7, 11) is 2.43. The minimum atomic E-state index is -1.04. The molecule has 0 aliphatic rings. The van der Waals surface area contributed by atoms with E-state index in [1.54, 1.807) is 24.3 Å². The second-order valence-corrected chi connectivity index (χ2v) is 7.10. The summed E-state index contributed by atoms with van der Waals surface area (Å²) in [5.41, 5.74) is 2.02. The number of methoxy groups -OCH3 is 2. The van der Waals surface area contributed by atoms with Crippen molar-refractivity contribution in [2.45, 2.75) is 12.8 Å². The molecule has 0 unspecified atom stereocenters. The van der Waals surface area contributed by atoms with Crippen LogP contribution in [0.5, 0.6) is 0 Å². The maximum absolute atomic E-state index is 11.9. The molecule has 0 aromatic heterocycles. The topological polar surface area (TPSA) is 90.9 Å². The van der Waals surface area contributed by atoms with Crippen molar-refractivity contribution in [2.75, 3.05) is 26.1 Å². The predicted molar refractivity (Wildman–Crippen MR) is 113 cm³/mol. The highest BCUT2D eigenvalue weighted by Crippen LogP contribution is 2.25. The Hall–Kier alpha value is -2.77. The first-order valence-corrected chi connectivity index (χ1v) is 9.72. The van der Waals surface area contributed by atoms with Crippen molar-refractivity contribution in [1.29, 1.82) is 0 Å². The van der Waals surface area contributed by atoms with Crippen LogP contribution in [-0.4, -0.2) is 38.9 Å². The van der Waals surface area contributed by atoms with Crippen LogP contribution >= 0.6 is 23.2 Å². The summed E-state index contributed by atoms with van der Waals surface area (Å²) in [6.45, 7) is 0.123. The maximum atomic E-state index is 11.9. The van der Waals surface area contributed by atoms with E-state index in [1.807, 2.05) is 12.1 Å². The highest BCUT2D eigenvalue weighted by molar-refractivity contribution is 6.36. The molecule has 2 aromatic rings. The number of benzene rings is 2. The number of esters is 2. The number of ether oxygens (including phenoxy) is 3. The van der Waals surface area contributed by atoms with Crippen LogP contribution in [0.4, 0.5) is 10.5 Å². The molecule has 0 saturated carbocycles. The maximum Gasteiger partial charge on any atom is 0.411 e. The van der Waals surface area contributed by atoms with E-state index in [-0.39, 0.29) is 13.0 Å². The molecule has 0 fully saturated rings. The molecule has 0 aliphatic heterocycles. The second kappa shape index (κ2) is 11.4. The minimum absolute atomic E-state index is 0.123. The first kappa shape index (κ1) is 23.5. The molecule has 0 saturated heterocycles. The quantitative estimate of drug-likeness (QED) is 0.364. The van der Waals surface area contributed by atoms with Gasteiger partial charge >= 0.3 is 18.0 Å². The van der Waals surface area contributed by atoms with Crippen LogP contribution in [0.3, 0.4) is 0 Å². The second-order valence-electron chi connectivity index (χ2n) is 6.26. The van der Waals surface area contributed by atoms with Crippen LogP contribution in [-0.2, 0) is 36.6 Å². The van der Waals surface area contributed by atoms with Crippen LogP contribution in [0.25, 0.3) is 0 Å². The van der Waals surface area contributed by atoms with E-state index in [1.165, 1.54) is 20.3 Å². The molecule has 0 bridgehead atoms.